The summed E-state index contributed by atoms with van der Waals surface area (Å²) < 4.78 is 12.7. The summed E-state index contributed by atoms with van der Waals surface area (Å²) in [5.74, 6) is -1.02. The lowest BCUT2D eigenvalue weighted by molar-refractivity contribution is -0.435. The van der Waals surface area contributed by atoms with Crippen LogP contribution in [0.2, 0.25) is 0 Å². The summed E-state index contributed by atoms with van der Waals surface area (Å²) in [6.45, 7) is 1.64. The molecular weight excluding hydrogens is 149 g/mol. The summed E-state index contributed by atoms with van der Waals surface area (Å²) in [7, 11) is 0. The molecule has 0 amide bonds. The van der Waals surface area contributed by atoms with Crippen LogP contribution in [0.15, 0.2) is 23.7 Å². The van der Waals surface area contributed by atoms with E-state index in [4.69, 9.17) is 0 Å². The van der Waals surface area contributed by atoms with Gasteiger partial charge < -0.3 is 0 Å². The smallest absolute Gasteiger partial charge is 0.259 e. The molecule has 4 heteroatoms. The molecule has 0 fully saturated rings. The summed E-state index contributed by atoms with van der Waals surface area (Å²) in [5, 5.41) is 10.2. The van der Waals surface area contributed by atoms with Gasteiger partial charge in [0.1, 0.15) is 0 Å². The molecule has 1 aliphatic carbocycles. The molecule has 1 unspecified atom stereocenters. The Labute approximate surface area is 63.4 Å². The zero-order valence-electron chi connectivity index (χ0n) is 6.08. The normalized spacial score (nSPS) is 24.0. The number of rotatable bonds is 1. The van der Waals surface area contributed by atoms with Crippen molar-refractivity contribution in [2.75, 3.05) is 0 Å². The first-order valence-electron chi connectivity index (χ1n) is 3.33. The second-order valence-electron chi connectivity index (χ2n) is 2.53. The first kappa shape index (κ1) is 7.91. The average Bonchev–Trinajstić information content (AvgIpc) is 1.85. The quantitative estimate of drug-likeness (QED) is 0.431. The molecule has 0 heterocycles. The molecular formula is C7H8FNO2. The fraction of sp³-hybridized carbons (Fsp3) is 0.429. The molecule has 0 aromatic heterocycles. The average molecular weight is 157 g/mol. The Bertz CT molecular complexity index is 245. The van der Waals surface area contributed by atoms with Gasteiger partial charge in [-0.3, -0.25) is 10.1 Å². The fourth-order valence-electron chi connectivity index (χ4n) is 1.08. The summed E-state index contributed by atoms with van der Waals surface area (Å²) in [6, 6.07) is 0. The Hall–Kier alpha value is -1.19. The Morgan fingerprint density at radius 1 is 1.82 bits per heavy atom. The molecule has 1 aliphatic rings. The van der Waals surface area contributed by atoms with E-state index in [1.54, 1.807) is 13.0 Å². The monoisotopic (exact) mass is 157 g/mol. The third-order valence-corrected chi connectivity index (χ3v) is 1.66. The van der Waals surface area contributed by atoms with E-state index in [0.29, 0.717) is 6.42 Å². The molecule has 0 aromatic rings. The van der Waals surface area contributed by atoms with Crippen molar-refractivity contribution in [1.82, 2.24) is 0 Å². The van der Waals surface area contributed by atoms with Gasteiger partial charge in [-0.15, -0.1) is 0 Å². The molecule has 0 saturated carbocycles. The van der Waals surface area contributed by atoms with E-state index >= 15 is 0 Å². The number of halogens is 1. The molecule has 1 atom stereocenters. The molecule has 60 valence electrons. The van der Waals surface area contributed by atoms with E-state index < -0.39 is 10.8 Å². The van der Waals surface area contributed by atoms with Crippen molar-refractivity contribution in [2.24, 2.45) is 5.92 Å². The number of hydrogen-bond donors (Lipinski definition) is 0. The van der Waals surface area contributed by atoms with Gasteiger partial charge in [0, 0.05) is 0 Å². The van der Waals surface area contributed by atoms with Crippen LogP contribution in [0.4, 0.5) is 4.39 Å². The molecule has 0 spiro atoms. The van der Waals surface area contributed by atoms with Gasteiger partial charge >= 0.3 is 0 Å². The molecule has 1 rings (SSSR count). The van der Waals surface area contributed by atoms with E-state index in [9.17, 15) is 14.5 Å². The Kier molecular flexibility index (Phi) is 2.03. The zero-order valence-corrected chi connectivity index (χ0v) is 6.08. The van der Waals surface area contributed by atoms with E-state index in [-0.39, 0.29) is 11.6 Å². The van der Waals surface area contributed by atoms with Gasteiger partial charge in [0.15, 0.2) is 5.83 Å². The van der Waals surface area contributed by atoms with Crippen LogP contribution in [-0.4, -0.2) is 4.92 Å². The number of hydrogen-bond acceptors (Lipinski definition) is 2. The Morgan fingerprint density at radius 2 is 2.45 bits per heavy atom. The van der Waals surface area contributed by atoms with Crippen LogP contribution in [0.3, 0.4) is 0 Å². The van der Waals surface area contributed by atoms with Gasteiger partial charge in [0.2, 0.25) is 0 Å². The lowest BCUT2D eigenvalue weighted by Gasteiger charge is -2.09. The largest absolute Gasteiger partial charge is 0.284 e. The van der Waals surface area contributed by atoms with Crippen LogP contribution in [0.5, 0.6) is 0 Å². The van der Waals surface area contributed by atoms with Crippen LogP contribution in [0.1, 0.15) is 13.3 Å². The SMILES string of the molecule is CC1CC=CC(F)=C1[N+](=O)[O-]. The van der Waals surface area contributed by atoms with Gasteiger partial charge in [-0.2, -0.15) is 4.39 Å². The maximum atomic E-state index is 12.7. The summed E-state index contributed by atoms with van der Waals surface area (Å²) in [4.78, 5) is 9.60. The van der Waals surface area contributed by atoms with E-state index in [2.05, 4.69) is 0 Å². The lowest BCUT2D eigenvalue weighted by Crippen LogP contribution is -2.12. The van der Waals surface area contributed by atoms with Gasteiger partial charge in [0.05, 0.1) is 10.8 Å². The van der Waals surface area contributed by atoms with E-state index in [1.165, 1.54) is 0 Å². The summed E-state index contributed by atoms with van der Waals surface area (Å²) in [5.41, 5.74) is -0.299. The van der Waals surface area contributed by atoms with Crippen molar-refractivity contribution in [3.05, 3.63) is 33.8 Å². The van der Waals surface area contributed by atoms with Gasteiger partial charge in [-0.1, -0.05) is 13.0 Å². The Balaban J connectivity index is 3.01. The molecule has 0 N–H and O–H groups in total. The van der Waals surface area contributed by atoms with Crippen molar-refractivity contribution < 1.29 is 9.31 Å². The van der Waals surface area contributed by atoms with E-state index in [1.807, 2.05) is 0 Å². The standard InChI is InChI=1S/C7H8FNO2/c1-5-3-2-4-6(8)7(5)9(10)11/h2,4-5H,3H2,1H3. The van der Waals surface area contributed by atoms with E-state index in [0.717, 1.165) is 6.08 Å². The van der Waals surface area contributed by atoms with Crippen molar-refractivity contribution in [3.8, 4) is 0 Å². The molecule has 0 aliphatic heterocycles. The minimum absolute atomic E-state index is 0.299. The highest BCUT2D eigenvalue weighted by atomic mass is 19.1. The molecule has 0 saturated heterocycles. The second-order valence-corrected chi connectivity index (χ2v) is 2.53. The molecule has 0 aromatic carbocycles. The highest BCUT2D eigenvalue weighted by Gasteiger charge is 2.26. The topological polar surface area (TPSA) is 43.1 Å². The van der Waals surface area contributed by atoms with Gasteiger partial charge in [0.25, 0.3) is 5.70 Å². The number of nitro groups is 1. The molecule has 3 nitrogen and oxygen atoms in total. The van der Waals surface area contributed by atoms with Crippen molar-refractivity contribution >= 4 is 0 Å². The highest BCUT2D eigenvalue weighted by Crippen LogP contribution is 2.25. The fourth-order valence-corrected chi connectivity index (χ4v) is 1.08. The maximum absolute atomic E-state index is 12.7. The van der Waals surface area contributed by atoms with Crippen molar-refractivity contribution in [2.45, 2.75) is 13.3 Å². The molecule has 0 bridgehead atoms. The van der Waals surface area contributed by atoms with Crippen LogP contribution >= 0.6 is 0 Å². The number of allylic oxidation sites excluding steroid dienone is 4. The molecule has 0 radical (unpaired) electrons. The van der Waals surface area contributed by atoms with Gasteiger partial charge in [-0.25, -0.2) is 0 Å². The van der Waals surface area contributed by atoms with Gasteiger partial charge in [-0.05, 0) is 12.5 Å². The highest BCUT2D eigenvalue weighted by molar-refractivity contribution is 5.21. The molecule has 11 heavy (non-hydrogen) atoms. The minimum atomic E-state index is -0.714. The van der Waals surface area contributed by atoms with Crippen LogP contribution in [0.25, 0.3) is 0 Å². The minimum Gasteiger partial charge on any atom is -0.259 e. The van der Waals surface area contributed by atoms with Crippen molar-refractivity contribution in [1.29, 1.82) is 0 Å². The third-order valence-electron chi connectivity index (χ3n) is 1.66. The van der Waals surface area contributed by atoms with Crippen LogP contribution in [0, 0.1) is 16.0 Å². The summed E-state index contributed by atoms with van der Waals surface area (Å²) >= 11 is 0. The summed E-state index contributed by atoms with van der Waals surface area (Å²) in [6.07, 6.45) is 3.30. The second kappa shape index (κ2) is 2.82. The predicted octanol–water partition coefficient (Wildman–Crippen LogP) is 2.04. The first-order chi connectivity index (χ1) is 5.13. The lowest BCUT2D eigenvalue weighted by atomic mass is 9.99. The zero-order chi connectivity index (χ0) is 8.43. The number of nitrogens with zero attached hydrogens (tertiary/aromatic N) is 1. The van der Waals surface area contributed by atoms with Crippen LogP contribution < -0.4 is 0 Å². The van der Waals surface area contributed by atoms with Crippen LogP contribution in [-0.2, 0) is 0 Å². The Morgan fingerprint density at radius 3 is 2.82 bits per heavy atom. The third kappa shape index (κ3) is 1.45. The van der Waals surface area contributed by atoms with Crippen molar-refractivity contribution in [3.63, 3.8) is 0 Å². The first-order valence-corrected chi connectivity index (χ1v) is 3.33. The maximum Gasteiger partial charge on any atom is 0.284 e. The predicted molar refractivity (Wildman–Crippen MR) is 38.0 cm³/mol.